The second kappa shape index (κ2) is 2.23. The topological polar surface area (TPSA) is 32.3 Å². The molecule has 1 fully saturated rings. The number of hydrogen-bond acceptors (Lipinski definition) is 3. The zero-order chi connectivity index (χ0) is 6.04. The maximum atomic E-state index is 10.8. The van der Waals surface area contributed by atoms with Crippen LogP contribution in [-0.2, 0) is 4.74 Å². The number of morpholine rings is 1. The number of hydroxylamine groups is 2. The van der Waals surface area contributed by atoms with Gasteiger partial charge in [0.05, 0.1) is 26.0 Å². The van der Waals surface area contributed by atoms with E-state index in [1.54, 1.807) is 0 Å². The molecule has 0 radical (unpaired) electrons. The first kappa shape index (κ1) is 6.35. The van der Waals surface area contributed by atoms with Crippen molar-refractivity contribution < 1.29 is 8.79 Å². The first-order chi connectivity index (χ1) is 3.71. The van der Waals surface area contributed by atoms with E-state index in [1.807, 2.05) is 0 Å². The van der Waals surface area contributed by atoms with Crippen LogP contribution in [0.4, 0.5) is 0 Å². The van der Waals surface area contributed by atoms with E-state index < -0.39 is 4.05 Å². The molecule has 0 unspecified atom stereocenters. The van der Waals surface area contributed by atoms with E-state index in [-0.39, 0.29) is 0 Å². The molecule has 48 valence electrons. The van der Waals surface area contributed by atoms with Gasteiger partial charge in [0.25, 0.3) is 0 Å². The quantitative estimate of drug-likeness (QED) is 0.292. The molecule has 0 aromatic heterocycles. The van der Waals surface area contributed by atoms with Crippen molar-refractivity contribution in [1.29, 1.82) is 0 Å². The normalized spacial score (nSPS) is 27.8. The molecule has 1 aliphatic heterocycles. The van der Waals surface area contributed by atoms with Crippen molar-refractivity contribution in [1.82, 2.24) is 0 Å². The molecule has 0 N–H and O–H groups in total. The molecule has 0 atom stereocenters. The van der Waals surface area contributed by atoms with E-state index in [0.29, 0.717) is 26.3 Å². The van der Waals surface area contributed by atoms with Crippen LogP contribution in [0.2, 0.25) is 0 Å². The van der Waals surface area contributed by atoms with E-state index in [0.717, 1.165) is 0 Å². The minimum atomic E-state index is -0.431. The van der Waals surface area contributed by atoms with Crippen molar-refractivity contribution in [2.75, 3.05) is 26.3 Å². The summed E-state index contributed by atoms with van der Waals surface area (Å²) in [6.45, 7) is 2.05. The third-order valence-corrected chi connectivity index (χ3v) is 1.57. The Morgan fingerprint density at radius 3 is 2.12 bits per heavy atom. The molecule has 1 rings (SSSR count). The Kier molecular flexibility index (Phi) is 1.77. The lowest BCUT2D eigenvalue weighted by Gasteiger charge is -2.38. The van der Waals surface area contributed by atoms with Gasteiger partial charge in [-0.1, -0.05) is 0 Å². The maximum absolute atomic E-state index is 10.8. The van der Waals surface area contributed by atoms with Crippen LogP contribution in [0.3, 0.4) is 0 Å². The lowest BCUT2D eigenvalue weighted by atomic mass is 10.5. The molecule has 0 aromatic carbocycles. The third-order valence-electron chi connectivity index (χ3n) is 1.17. The van der Waals surface area contributed by atoms with E-state index >= 15 is 0 Å². The zero-order valence-electron chi connectivity index (χ0n) is 4.54. The van der Waals surface area contributed by atoms with Crippen LogP contribution < -0.4 is 0 Å². The van der Waals surface area contributed by atoms with Crippen LogP contribution in [0.25, 0.3) is 0 Å². The molecule has 8 heavy (non-hydrogen) atoms. The minimum Gasteiger partial charge on any atom is -0.620 e. The largest absolute Gasteiger partial charge is 0.620 e. The molecule has 1 saturated heterocycles. The summed E-state index contributed by atoms with van der Waals surface area (Å²) in [6, 6.07) is 0. The van der Waals surface area contributed by atoms with Crippen LogP contribution in [-0.4, -0.2) is 30.4 Å². The Hall–Kier alpha value is 0.230. The number of rotatable bonds is 0. The molecule has 1 heterocycles. The summed E-state index contributed by atoms with van der Waals surface area (Å²) >= 11 is 3.82. The molecule has 4 heteroatoms. The minimum absolute atomic E-state index is 0.431. The van der Waals surface area contributed by atoms with Crippen LogP contribution in [0.15, 0.2) is 0 Å². The Morgan fingerprint density at radius 2 is 1.88 bits per heavy atom. The molecule has 0 aliphatic carbocycles. The van der Waals surface area contributed by atoms with Gasteiger partial charge in [-0.25, -0.2) is 0 Å². The first-order valence-corrected chi connectivity index (χ1v) is 2.99. The van der Waals surface area contributed by atoms with Crippen molar-refractivity contribution in [3.05, 3.63) is 5.21 Å². The standard InChI is InChI=1S/C4H9NO2S/c6-5(8)1-3-7-4-2-5/h8H,1-4H2. The van der Waals surface area contributed by atoms with Gasteiger partial charge in [0.1, 0.15) is 13.1 Å². The van der Waals surface area contributed by atoms with Gasteiger partial charge in [0.2, 0.25) is 0 Å². The van der Waals surface area contributed by atoms with Crippen LogP contribution in [0, 0.1) is 5.21 Å². The van der Waals surface area contributed by atoms with E-state index in [9.17, 15) is 5.21 Å². The van der Waals surface area contributed by atoms with Gasteiger partial charge in [-0.05, 0) is 0 Å². The van der Waals surface area contributed by atoms with Crippen LogP contribution >= 0.6 is 12.8 Å². The number of quaternary nitrogens is 1. The lowest BCUT2D eigenvalue weighted by Crippen LogP contribution is -2.42. The van der Waals surface area contributed by atoms with Gasteiger partial charge in [-0.2, -0.15) is 0 Å². The molecule has 0 spiro atoms. The molecule has 0 amide bonds. The summed E-state index contributed by atoms with van der Waals surface area (Å²) in [5, 5.41) is 10.8. The first-order valence-electron chi connectivity index (χ1n) is 2.59. The molecular weight excluding hydrogens is 126 g/mol. The fourth-order valence-electron chi connectivity index (χ4n) is 0.628. The highest BCUT2D eigenvalue weighted by atomic mass is 32.1. The third kappa shape index (κ3) is 1.63. The second-order valence-corrected chi connectivity index (χ2v) is 2.63. The van der Waals surface area contributed by atoms with Gasteiger partial charge >= 0.3 is 0 Å². The Morgan fingerprint density at radius 1 is 1.38 bits per heavy atom. The van der Waals surface area contributed by atoms with Crippen molar-refractivity contribution >= 4 is 12.8 Å². The van der Waals surface area contributed by atoms with Gasteiger partial charge in [-0.15, -0.1) is 0 Å². The monoisotopic (exact) mass is 135 g/mol. The summed E-state index contributed by atoms with van der Waals surface area (Å²) in [5.74, 6) is 0. The predicted molar refractivity (Wildman–Crippen MR) is 33.2 cm³/mol. The Balaban J connectivity index is 2.33. The maximum Gasteiger partial charge on any atom is 0.113 e. The van der Waals surface area contributed by atoms with Gasteiger partial charge in [0.15, 0.2) is 0 Å². The van der Waals surface area contributed by atoms with Gasteiger partial charge < -0.3 is 9.94 Å². The average molecular weight is 135 g/mol. The molecule has 3 nitrogen and oxygen atoms in total. The Bertz CT molecular complexity index is 78.1. The summed E-state index contributed by atoms with van der Waals surface area (Å²) in [7, 11) is 0. The number of ether oxygens (including phenoxy) is 1. The van der Waals surface area contributed by atoms with Gasteiger partial charge in [-0.3, -0.25) is 4.05 Å². The van der Waals surface area contributed by atoms with Crippen molar-refractivity contribution in [2.45, 2.75) is 0 Å². The highest BCUT2D eigenvalue weighted by Crippen LogP contribution is 2.10. The smallest absolute Gasteiger partial charge is 0.113 e. The summed E-state index contributed by atoms with van der Waals surface area (Å²) < 4.78 is 4.51. The van der Waals surface area contributed by atoms with Crippen molar-refractivity contribution in [3.8, 4) is 0 Å². The van der Waals surface area contributed by atoms with Gasteiger partial charge in [0, 0.05) is 0 Å². The molecule has 1 aliphatic rings. The summed E-state index contributed by atoms with van der Waals surface area (Å²) in [5.41, 5.74) is 0. The fourth-order valence-corrected chi connectivity index (χ4v) is 0.792. The zero-order valence-corrected chi connectivity index (χ0v) is 5.43. The molecule has 0 bridgehead atoms. The van der Waals surface area contributed by atoms with Crippen molar-refractivity contribution in [2.24, 2.45) is 0 Å². The number of hydrogen-bond donors (Lipinski definition) is 1. The highest BCUT2D eigenvalue weighted by molar-refractivity contribution is 7.74. The number of thiol groups is 1. The summed E-state index contributed by atoms with van der Waals surface area (Å²) in [6.07, 6.45) is 0. The Labute approximate surface area is 54.0 Å². The van der Waals surface area contributed by atoms with E-state index in [2.05, 4.69) is 12.8 Å². The lowest BCUT2D eigenvalue weighted by molar-refractivity contribution is -0.749. The number of nitrogens with zero attached hydrogens (tertiary/aromatic N) is 1. The average Bonchev–Trinajstić information content (AvgIpc) is 1.65. The van der Waals surface area contributed by atoms with E-state index in [4.69, 9.17) is 4.74 Å². The molecule has 0 saturated carbocycles. The molecular formula is C4H9NO2S. The van der Waals surface area contributed by atoms with E-state index in [1.165, 1.54) is 0 Å². The predicted octanol–water partition coefficient (Wildman–Crippen LogP) is 0.176. The molecule has 0 aromatic rings. The fraction of sp³-hybridized carbons (Fsp3) is 1.00. The van der Waals surface area contributed by atoms with Crippen LogP contribution in [0.5, 0.6) is 0 Å². The second-order valence-electron chi connectivity index (χ2n) is 1.91. The summed E-state index contributed by atoms with van der Waals surface area (Å²) in [4.78, 5) is 0. The highest BCUT2D eigenvalue weighted by Gasteiger charge is 2.15. The van der Waals surface area contributed by atoms with Crippen LogP contribution in [0.1, 0.15) is 0 Å². The SMILES string of the molecule is [O-][N+]1(S)CCOCC1. The van der Waals surface area contributed by atoms with Crippen molar-refractivity contribution in [3.63, 3.8) is 0 Å².